The predicted molar refractivity (Wildman–Crippen MR) is 104 cm³/mol. The molecule has 2 aromatic rings. The first-order chi connectivity index (χ1) is 12.7. The Kier molecular flexibility index (Phi) is 4.49. The minimum Gasteiger partial charge on any atom is -0.465 e. The molecule has 2 aliphatic rings. The van der Waals surface area contributed by atoms with Crippen molar-refractivity contribution in [3.63, 3.8) is 0 Å². The van der Waals surface area contributed by atoms with Gasteiger partial charge in [-0.25, -0.2) is 0 Å². The van der Waals surface area contributed by atoms with Gasteiger partial charge in [0.2, 0.25) is 0 Å². The summed E-state index contributed by atoms with van der Waals surface area (Å²) in [5.74, 6) is -0.170. The molecule has 4 heteroatoms. The van der Waals surface area contributed by atoms with Gasteiger partial charge in [-0.05, 0) is 36.6 Å². The first-order valence-corrected chi connectivity index (χ1v) is 9.36. The van der Waals surface area contributed by atoms with E-state index in [2.05, 4.69) is 41.3 Å². The van der Waals surface area contributed by atoms with E-state index >= 15 is 0 Å². The average molecular weight is 348 g/mol. The van der Waals surface area contributed by atoms with Crippen LogP contribution < -0.4 is 4.90 Å². The topological polar surface area (TPSA) is 41.9 Å². The second-order valence-electron chi connectivity index (χ2n) is 7.06. The van der Waals surface area contributed by atoms with Gasteiger partial charge >= 0.3 is 5.97 Å². The number of fused-ring (bicyclic) bond motifs is 2. The molecule has 2 heterocycles. The van der Waals surface area contributed by atoms with Crippen molar-refractivity contribution in [1.29, 1.82) is 0 Å². The molecular formula is C22H24N2O2. The van der Waals surface area contributed by atoms with E-state index in [0.717, 1.165) is 37.3 Å². The van der Waals surface area contributed by atoms with Crippen LogP contribution in [0.1, 0.15) is 31.7 Å². The second-order valence-corrected chi connectivity index (χ2v) is 7.06. The first kappa shape index (κ1) is 16.8. The standard InChI is InChI=1S/C22H24N2O2/c1-2-14-26-21(25)15-20-22(18-10-6-7-11-19(18)23-20)12-13-24(16-22)17-8-4-3-5-9-17/h3-11H,2,12-16H2,1H3. The Balaban J connectivity index is 1.63. The Morgan fingerprint density at radius 3 is 2.73 bits per heavy atom. The highest BCUT2D eigenvalue weighted by Gasteiger charge is 2.48. The highest BCUT2D eigenvalue weighted by molar-refractivity contribution is 6.10. The maximum Gasteiger partial charge on any atom is 0.311 e. The van der Waals surface area contributed by atoms with Crippen LogP contribution in [0.4, 0.5) is 11.4 Å². The Hall–Kier alpha value is -2.62. The molecular weight excluding hydrogens is 324 g/mol. The van der Waals surface area contributed by atoms with E-state index in [1.54, 1.807) is 0 Å². The number of esters is 1. The summed E-state index contributed by atoms with van der Waals surface area (Å²) in [5, 5.41) is 0. The molecule has 2 aliphatic heterocycles. The number of aliphatic imine (C=N–C) groups is 1. The molecule has 1 saturated heterocycles. The van der Waals surface area contributed by atoms with Gasteiger partial charge in [0.15, 0.2) is 0 Å². The van der Waals surface area contributed by atoms with Crippen molar-refractivity contribution in [3.05, 3.63) is 60.2 Å². The Bertz CT molecular complexity index is 831. The zero-order valence-corrected chi connectivity index (χ0v) is 15.1. The predicted octanol–water partition coefficient (Wildman–Crippen LogP) is 4.26. The van der Waals surface area contributed by atoms with Crippen LogP contribution in [0.3, 0.4) is 0 Å². The summed E-state index contributed by atoms with van der Waals surface area (Å²) in [6.45, 7) is 4.30. The lowest BCUT2D eigenvalue weighted by Crippen LogP contribution is -2.38. The molecule has 1 spiro atoms. The fourth-order valence-electron chi connectivity index (χ4n) is 4.12. The van der Waals surface area contributed by atoms with Crippen LogP contribution in [0.25, 0.3) is 0 Å². The van der Waals surface area contributed by atoms with Crippen LogP contribution in [-0.2, 0) is 14.9 Å². The molecule has 134 valence electrons. The van der Waals surface area contributed by atoms with Crippen LogP contribution >= 0.6 is 0 Å². The fraction of sp³-hybridized carbons (Fsp3) is 0.364. The minimum atomic E-state index is -0.183. The van der Waals surface area contributed by atoms with Crippen LogP contribution in [0.5, 0.6) is 0 Å². The van der Waals surface area contributed by atoms with E-state index in [4.69, 9.17) is 9.73 Å². The van der Waals surface area contributed by atoms with Crippen LogP contribution in [0.15, 0.2) is 59.6 Å². The quantitative estimate of drug-likeness (QED) is 0.758. The van der Waals surface area contributed by atoms with Crippen molar-refractivity contribution in [1.82, 2.24) is 0 Å². The Morgan fingerprint density at radius 2 is 1.92 bits per heavy atom. The van der Waals surface area contributed by atoms with Crippen LogP contribution in [0, 0.1) is 0 Å². The smallest absolute Gasteiger partial charge is 0.311 e. The molecule has 0 radical (unpaired) electrons. The molecule has 0 aromatic heterocycles. The summed E-state index contributed by atoms with van der Waals surface area (Å²) in [5.41, 5.74) is 4.25. The van der Waals surface area contributed by atoms with Gasteiger partial charge in [-0.15, -0.1) is 0 Å². The molecule has 1 atom stereocenters. The van der Waals surface area contributed by atoms with Gasteiger partial charge < -0.3 is 9.64 Å². The van der Waals surface area contributed by atoms with E-state index < -0.39 is 0 Å². The normalized spacial score (nSPS) is 21.0. The van der Waals surface area contributed by atoms with Crippen molar-refractivity contribution in [2.75, 3.05) is 24.6 Å². The van der Waals surface area contributed by atoms with E-state index in [1.165, 1.54) is 11.3 Å². The van der Waals surface area contributed by atoms with E-state index in [0.29, 0.717) is 6.61 Å². The van der Waals surface area contributed by atoms with Crippen molar-refractivity contribution in [2.24, 2.45) is 4.99 Å². The number of para-hydroxylation sites is 2. The first-order valence-electron chi connectivity index (χ1n) is 9.36. The van der Waals surface area contributed by atoms with Gasteiger partial charge in [-0.1, -0.05) is 43.3 Å². The lowest BCUT2D eigenvalue weighted by Gasteiger charge is -2.28. The maximum atomic E-state index is 12.3. The molecule has 0 saturated carbocycles. The van der Waals surface area contributed by atoms with Gasteiger partial charge in [0.25, 0.3) is 0 Å². The third-order valence-corrected chi connectivity index (χ3v) is 5.40. The van der Waals surface area contributed by atoms with Crippen molar-refractivity contribution in [3.8, 4) is 0 Å². The zero-order chi connectivity index (χ0) is 18.0. The average Bonchev–Trinajstić information content (AvgIpc) is 3.25. The molecule has 1 fully saturated rings. The number of hydrogen-bond acceptors (Lipinski definition) is 4. The van der Waals surface area contributed by atoms with Crippen LogP contribution in [0.2, 0.25) is 0 Å². The minimum absolute atomic E-state index is 0.170. The van der Waals surface area contributed by atoms with E-state index in [9.17, 15) is 4.79 Å². The third-order valence-electron chi connectivity index (χ3n) is 5.40. The number of benzene rings is 2. The molecule has 0 bridgehead atoms. The summed E-state index contributed by atoms with van der Waals surface area (Å²) in [4.78, 5) is 19.5. The SMILES string of the molecule is CCCOC(=O)CC1=Nc2ccccc2C12CCN(c1ccccc1)C2. The van der Waals surface area contributed by atoms with Gasteiger partial charge in [-0.3, -0.25) is 9.79 Å². The van der Waals surface area contributed by atoms with Gasteiger partial charge in [0.05, 0.1) is 24.1 Å². The number of hydrogen-bond donors (Lipinski definition) is 0. The molecule has 1 unspecified atom stereocenters. The number of ether oxygens (including phenoxy) is 1. The number of nitrogens with zero attached hydrogens (tertiary/aromatic N) is 2. The van der Waals surface area contributed by atoms with Gasteiger partial charge in [0.1, 0.15) is 0 Å². The molecule has 26 heavy (non-hydrogen) atoms. The van der Waals surface area contributed by atoms with Gasteiger partial charge in [0, 0.05) is 24.5 Å². The van der Waals surface area contributed by atoms with E-state index in [1.807, 2.05) is 25.1 Å². The summed E-state index contributed by atoms with van der Waals surface area (Å²) in [7, 11) is 0. The highest BCUT2D eigenvalue weighted by atomic mass is 16.5. The van der Waals surface area contributed by atoms with Crippen molar-refractivity contribution in [2.45, 2.75) is 31.6 Å². The number of rotatable bonds is 5. The molecule has 0 aliphatic carbocycles. The molecule has 4 nitrogen and oxygen atoms in total. The number of anilines is 1. The summed E-state index contributed by atoms with van der Waals surface area (Å²) in [6, 6.07) is 18.8. The van der Waals surface area contributed by atoms with Crippen molar-refractivity contribution < 1.29 is 9.53 Å². The van der Waals surface area contributed by atoms with E-state index in [-0.39, 0.29) is 17.8 Å². The fourth-order valence-corrected chi connectivity index (χ4v) is 4.12. The molecule has 2 aromatic carbocycles. The number of carbonyl (C=O) groups excluding carboxylic acids is 1. The third kappa shape index (κ3) is 2.90. The largest absolute Gasteiger partial charge is 0.465 e. The Labute approximate surface area is 154 Å². The lowest BCUT2D eigenvalue weighted by atomic mass is 9.76. The number of carbonyl (C=O) groups is 1. The summed E-state index contributed by atoms with van der Waals surface area (Å²) >= 11 is 0. The molecule has 4 rings (SSSR count). The maximum absolute atomic E-state index is 12.3. The molecule has 0 N–H and O–H groups in total. The summed E-state index contributed by atoms with van der Waals surface area (Å²) in [6.07, 6.45) is 2.08. The second kappa shape index (κ2) is 6.94. The Morgan fingerprint density at radius 1 is 1.15 bits per heavy atom. The van der Waals surface area contributed by atoms with Crippen LogP contribution in [-0.4, -0.2) is 31.4 Å². The summed E-state index contributed by atoms with van der Waals surface area (Å²) < 4.78 is 5.33. The monoisotopic (exact) mass is 348 g/mol. The highest BCUT2D eigenvalue weighted by Crippen LogP contribution is 2.47. The van der Waals surface area contributed by atoms with Gasteiger partial charge in [-0.2, -0.15) is 0 Å². The van der Waals surface area contributed by atoms with Crippen molar-refractivity contribution >= 4 is 23.1 Å². The zero-order valence-electron chi connectivity index (χ0n) is 15.1. The lowest BCUT2D eigenvalue weighted by molar-refractivity contribution is -0.142. The molecule has 0 amide bonds.